The summed E-state index contributed by atoms with van der Waals surface area (Å²) >= 11 is 0. The molecule has 1 aromatic carbocycles. The Morgan fingerprint density at radius 2 is 1.30 bits per heavy atom. The van der Waals surface area contributed by atoms with Gasteiger partial charge in [0.25, 0.3) is 0 Å². The molecule has 0 spiro atoms. The van der Waals surface area contributed by atoms with Crippen LogP contribution < -0.4 is 0 Å². The Morgan fingerprint density at radius 1 is 0.815 bits per heavy atom. The lowest BCUT2D eigenvalue weighted by molar-refractivity contribution is -0.138. The molecule has 0 amide bonds. The van der Waals surface area contributed by atoms with Crippen molar-refractivity contribution < 1.29 is 24.2 Å². The Labute approximate surface area is 161 Å². The molecule has 0 aromatic heterocycles. The standard InChI is InChI=1S/C22H30O5/c1-2-3-17-26-21(24)14-12-19-8-10-20(11-9-19)13-15-22(25)27-18-7-5-4-6-16-23/h8-15,23H,2-7,16-18H2,1H3. The van der Waals surface area contributed by atoms with Crippen LogP contribution in [-0.4, -0.2) is 36.9 Å². The fourth-order valence-electron chi connectivity index (χ4n) is 2.20. The van der Waals surface area contributed by atoms with Crippen molar-refractivity contribution >= 4 is 24.1 Å². The molecule has 148 valence electrons. The second kappa shape index (κ2) is 14.7. The van der Waals surface area contributed by atoms with Crippen molar-refractivity contribution in [3.8, 4) is 0 Å². The van der Waals surface area contributed by atoms with Gasteiger partial charge in [-0.3, -0.25) is 0 Å². The molecule has 1 N–H and O–H groups in total. The predicted molar refractivity (Wildman–Crippen MR) is 107 cm³/mol. The first-order valence-corrected chi connectivity index (χ1v) is 9.56. The molecule has 0 bridgehead atoms. The molecule has 0 heterocycles. The van der Waals surface area contributed by atoms with Crippen LogP contribution in [0.1, 0.15) is 56.6 Å². The molecule has 0 aliphatic carbocycles. The summed E-state index contributed by atoms with van der Waals surface area (Å²) in [5.41, 5.74) is 1.75. The normalized spacial score (nSPS) is 11.2. The number of unbranched alkanes of at least 4 members (excludes halogenated alkanes) is 4. The summed E-state index contributed by atoms with van der Waals surface area (Å²) in [4.78, 5) is 23.2. The van der Waals surface area contributed by atoms with E-state index in [0.717, 1.165) is 49.7 Å². The summed E-state index contributed by atoms with van der Waals surface area (Å²) in [7, 11) is 0. The number of hydrogen-bond donors (Lipinski definition) is 1. The first kappa shape index (κ1) is 22.6. The van der Waals surface area contributed by atoms with E-state index < -0.39 is 0 Å². The quantitative estimate of drug-likeness (QED) is 0.319. The van der Waals surface area contributed by atoms with Crippen LogP contribution in [0.5, 0.6) is 0 Å². The second-order valence-corrected chi connectivity index (χ2v) is 6.16. The van der Waals surface area contributed by atoms with Crippen LogP contribution in [0.2, 0.25) is 0 Å². The van der Waals surface area contributed by atoms with E-state index in [1.807, 2.05) is 31.2 Å². The Bertz CT molecular complexity index is 602. The highest BCUT2D eigenvalue weighted by Crippen LogP contribution is 2.08. The Hall–Kier alpha value is -2.40. The number of hydrogen-bond acceptors (Lipinski definition) is 5. The SMILES string of the molecule is CCCCOC(=O)C=Cc1ccc(C=CC(=O)OCCCCCCO)cc1. The minimum atomic E-state index is -0.365. The first-order valence-electron chi connectivity index (χ1n) is 9.56. The van der Waals surface area contributed by atoms with Crippen LogP contribution in [0.25, 0.3) is 12.2 Å². The number of rotatable bonds is 13. The number of benzene rings is 1. The molecular formula is C22H30O5. The molecular weight excluding hydrogens is 344 g/mol. The zero-order valence-electron chi connectivity index (χ0n) is 16.1. The van der Waals surface area contributed by atoms with Gasteiger partial charge in [-0.2, -0.15) is 0 Å². The van der Waals surface area contributed by atoms with E-state index >= 15 is 0 Å². The molecule has 5 heteroatoms. The van der Waals surface area contributed by atoms with Crippen molar-refractivity contribution in [2.75, 3.05) is 19.8 Å². The minimum absolute atomic E-state index is 0.208. The lowest BCUT2D eigenvalue weighted by Gasteiger charge is -2.02. The number of ether oxygens (including phenoxy) is 2. The molecule has 0 saturated heterocycles. The topological polar surface area (TPSA) is 72.8 Å². The Morgan fingerprint density at radius 3 is 1.78 bits per heavy atom. The monoisotopic (exact) mass is 374 g/mol. The van der Waals surface area contributed by atoms with Gasteiger partial charge in [0.2, 0.25) is 0 Å². The summed E-state index contributed by atoms with van der Waals surface area (Å²) in [5, 5.41) is 8.68. The lowest BCUT2D eigenvalue weighted by Crippen LogP contribution is -2.02. The number of carbonyl (C=O) groups is 2. The molecule has 0 aliphatic heterocycles. The van der Waals surface area contributed by atoms with Gasteiger partial charge in [0, 0.05) is 18.8 Å². The maximum absolute atomic E-state index is 11.6. The van der Waals surface area contributed by atoms with E-state index in [1.54, 1.807) is 12.2 Å². The van der Waals surface area contributed by atoms with E-state index in [2.05, 4.69) is 0 Å². The number of carbonyl (C=O) groups excluding carboxylic acids is 2. The lowest BCUT2D eigenvalue weighted by atomic mass is 10.1. The molecule has 0 fully saturated rings. The van der Waals surface area contributed by atoms with Crippen molar-refractivity contribution in [2.45, 2.75) is 45.4 Å². The molecule has 0 unspecified atom stereocenters. The highest BCUT2D eigenvalue weighted by Gasteiger charge is 1.98. The third-order valence-corrected chi connectivity index (χ3v) is 3.80. The molecule has 0 atom stereocenters. The summed E-state index contributed by atoms with van der Waals surface area (Å²) in [5.74, 6) is -0.706. The van der Waals surface area contributed by atoms with Crippen LogP contribution in [0.4, 0.5) is 0 Å². The third kappa shape index (κ3) is 11.8. The van der Waals surface area contributed by atoms with Crippen LogP contribution in [-0.2, 0) is 19.1 Å². The molecule has 27 heavy (non-hydrogen) atoms. The fraction of sp³-hybridized carbons (Fsp3) is 0.455. The molecule has 0 radical (unpaired) electrons. The smallest absolute Gasteiger partial charge is 0.330 e. The highest BCUT2D eigenvalue weighted by molar-refractivity contribution is 5.88. The van der Waals surface area contributed by atoms with Crippen molar-refractivity contribution in [2.24, 2.45) is 0 Å². The number of esters is 2. The zero-order chi connectivity index (χ0) is 19.7. The van der Waals surface area contributed by atoms with Gasteiger partial charge in [-0.15, -0.1) is 0 Å². The van der Waals surface area contributed by atoms with E-state index in [4.69, 9.17) is 14.6 Å². The van der Waals surface area contributed by atoms with Gasteiger partial charge in [-0.1, -0.05) is 44.0 Å². The van der Waals surface area contributed by atoms with Crippen LogP contribution >= 0.6 is 0 Å². The third-order valence-electron chi connectivity index (χ3n) is 3.80. The number of aliphatic hydroxyl groups is 1. The zero-order valence-corrected chi connectivity index (χ0v) is 16.1. The van der Waals surface area contributed by atoms with Crippen LogP contribution in [0.3, 0.4) is 0 Å². The molecule has 1 rings (SSSR count). The largest absolute Gasteiger partial charge is 0.463 e. The van der Waals surface area contributed by atoms with Crippen molar-refractivity contribution in [3.05, 3.63) is 47.5 Å². The average molecular weight is 374 g/mol. The maximum Gasteiger partial charge on any atom is 0.330 e. The van der Waals surface area contributed by atoms with Gasteiger partial charge in [0.1, 0.15) is 0 Å². The predicted octanol–water partition coefficient (Wildman–Crippen LogP) is 4.15. The summed E-state index contributed by atoms with van der Waals surface area (Å²) in [6, 6.07) is 7.45. The first-order chi connectivity index (χ1) is 13.2. The van der Waals surface area contributed by atoms with Gasteiger partial charge in [-0.05, 0) is 49.0 Å². The van der Waals surface area contributed by atoms with Gasteiger partial charge < -0.3 is 14.6 Å². The van der Waals surface area contributed by atoms with E-state index in [-0.39, 0.29) is 18.5 Å². The molecule has 5 nitrogen and oxygen atoms in total. The second-order valence-electron chi connectivity index (χ2n) is 6.16. The van der Waals surface area contributed by atoms with Gasteiger partial charge in [0.05, 0.1) is 13.2 Å². The Kier molecular flexibility index (Phi) is 12.4. The Balaban J connectivity index is 2.33. The maximum atomic E-state index is 11.6. The summed E-state index contributed by atoms with van der Waals surface area (Å²) < 4.78 is 10.2. The fourth-order valence-corrected chi connectivity index (χ4v) is 2.20. The summed E-state index contributed by atoms with van der Waals surface area (Å²) in [6.07, 6.45) is 11.6. The highest BCUT2D eigenvalue weighted by atomic mass is 16.5. The van der Waals surface area contributed by atoms with Gasteiger partial charge in [-0.25, -0.2) is 9.59 Å². The van der Waals surface area contributed by atoms with Crippen molar-refractivity contribution in [1.29, 1.82) is 0 Å². The van der Waals surface area contributed by atoms with Gasteiger partial charge in [0.15, 0.2) is 0 Å². The van der Waals surface area contributed by atoms with Gasteiger partial charge >= 0.3 is 11.9 Å². The summed E-state index contributed by atoms with van der Waals surface area (Å²) in [6.45, 7) is 3.09. The number of aliphatic hydroxyl groups excluding tert-OH is 1. The average Bonchev–Trinajstić information content (AvgIpc) is 2.68. The van der Waals surface area contributed by atoms with E-state index in [1.165, 1.54) is 12.2 Å². The molecule has 0 aliphatic rings. The molecule has 1 aromatic rings. The minimum Gasteiger partial charge on any atom is -0.463 e. The van der Waals surface area contributed by atoms with Crippen molar-refractivity contribution in [1.82, 2.24) is 0 Å². The van der Waals surface area contributed by atoms with E-state index in [0.29, 0.717) is 13.2 Å². The van der Waals surface area contributed by atoms with Crippen molar-refractivity contribution in [3.63, 3.8) is 0 Å². The van der Waals surface area contributed by atoms with E-state index in [9.17, 15) is 9.59 Å². The van der Waals surface area contributed by atoms with Crippen LogP contribution in [0.15, 0.2) is 36.4 Å². The van der Waals surface area contributed by atoms with Crippen LogP contribution in [0, 0.1) is 0 Å². The molecule has 0 saturated carbocycles.